The maximum absolute atomic E-state index is 11.4. The molecular formula is C10H6N2O7S. The van der Waals surface area contributed by atoms with Gasteiger partial charge in [-0.2, -0.15) is 0 Å². The molecule has 0 saturated heterocycles. The van der Waals surface area contributed by atoms with Crippen LogP contribution < -0.4 is 0 Å². The molecule has 1 aromatic carbocycles. The number of non-ortho nitro benzene ring substituents is 2. The van der Waals surface area contributed by atoms with E-state index in [-0.39, 0.29) is 15.0 Å². The molecule has 0 aliphatic carbocycles. The summed E-state index contributed by atoms with van der Waals surface area (Å²) in [6, 6.07) is 1.75. The van der Waals surface area contributed by atoms with Crippen molar-refractivity contribution in [3.63, 3.8) is 0 Å². The Kier molecular flexibility index (Phi) is 3.24. The fourth-order valence-corrected chi connectivity index (χ4v) is 2.71. The van der Waals surface area contributed by atoms with Crippen molar-refractivity contribution in [3.8, 4) is 5.75 Å². The number of aromatic hydroxyl groups is 1. The van der Waals surface area contributed by atoms with Crippen LogP contribution in [0.5, 0.6) is 5.75 Å². The lowest BCUT2D eigenvalue weighted by Gasteiger charge is -1.96. The number of nitrogens with zero attached hydrogens (tertiary/aromatic N) is 2. The van der Waals surface area contributed by atoms with E-state index in [1.54, 1.807) is 0 Å². The summed E-state index contributed by atoms with van der Waals surface area (Å²) in [4.78, 5) is 31.2. The molecule has 0 spiro atoms. The monoisotopic (exact) mass is 298 g/mol. The molecule has 0 aliphatic heterocycles. The molecule has 1 N–H and O–H groups in total. The number of fused-ring (bicyclic) bond motifs is 1. The summed E-state index contributed by atoms with van der Waals surface area (Å²) in [5.41, 5.74) is -1.10. The maximum Gasteiger partial charge on any atom is 0.351 e. The Hall–Kier alpha value is -2.75. The lowest BCUT2D eigenvalue weighted by atomic mass is 10.2. The number of carbonyl (C=O) groups excluding carboxylic acids is 1. The molecule has 1 heterocycles. The van der Waals surface area contributed by atoms with Crippen LogP contribution in [0.4, 0.5) is 11.4 Å². The highest BCUT2D eigenvalue weighted by atomic mass is 32.1. The molecule has 0 aliphatic rings. The van der Waals surface area contributed by atoms with Gasteiger partial charge in [0.15, 0.2) is 4.88 Å². The van der Waals surface area contributed by atoms with Gasteiger partial charge in [-0.3, -0.25) is 20.2 Å². The molecule has 0 radical (unpaired) electrons. The normalized spacial score (nSPS) is 10.4. The van der Waals surface area contributed by atoms with E-state index >= 15 is 0 Å². The summed E-state index contributed by atoms with van der Waals surface area (Å²) in [6.45, 7) is 0. The number of carbonyl (C=O) groups is 1. The van der Waals surface area contributed by atoms with Gasteiger partial charge in [0, 0.05) is 11.5 Å². The molecule has 0 atom stereocenters. The molecule has 0 saturated carbocycles. The van der Waals surface area contributed by atoms with E-state index in [0.29, 0.717) is 11.3 Å². The Morgan fingerprint density at radius 3 is 2.45 bits per heavy atom. The van der Waals surface area contributed by atoms with Crippen molar-refractivity contribution >= 4 is 38.8 Å². The standard InChI is InChI=1S/C10H6N2O7S/c1-19-10(14)9-7(13)5-2-4(11(15)16)3-6(12(17)18)8(5)20-9/h2-3,13H,1H3. The van der Waals surface area contributed by atoms with Crippen molar-refractivity contribution < 1.29 is 24.5 Å². The predicted molar refractivity (Wildman–Crippen MR) is 68.1 cm³/mol. The fraction of sp³-hybridized carbons (Fsp3) is 0.100. The van der Waals surface area contributed by atoms with Crippen molar-refractivity contribution in [2.24, 2.45) is 0 Å². The number of benzene rings is 1. The summed E-state index contributed by atoms with van der Waals surface area (Å²) in [7, 11) is 1.09. The van der Waals surface area contributed by atoms with Gasteiger partial charge >= 0.3 is 5.97 Å². The fourth-order valence-electron chi connectivity index (χ4n) is 1.63. The van der Waals surface area contributed by atoms with E-state index in [2.05, 4.69) is 4.74 Å². The number of ether oxygens (including phenoxy) is 1. The molecule has 2 aromatic rings. The third-order valence-electron chi connectivity index (χ3n) is 2.51. The average molecular weight is 298 g/mol. The Morgan fingerprint density at radius 1 is 1.30 bits per heavy atom. The Balaban J connectivity index is 2.86. The lowest BCUT2D eigenvalue weighted by molar-refractivity contribution is -0.392. The highest BCUT2D eigenvalue weighted by Gasteiger charge is 2.27. The second kappa shape index (κ2) is 4.74. The second-order valence-corrected chi connectivity index (χ2v) is 4.65. The third kappa shape index (κ3) is 2.01. The zero-order valence-electron chi connectivity index (χ0n) is 9.85. The summed E-state index contributed by atoms with van der Waals surface area (Å²) in [5, 5.41) is 31.4. The van der Waals surface area contributed by atoms with Gasteiger partial charge < -0.3 is 9.84 Å². The molecular weight excluding hydrogens is 292 g/mol. The van der Waals surface area contributed by atoms with Gasteiger partial charge in [-0.1, -0.05) is 0 Å². The van der Waals surface area contributed by atoms with Crippen LogP contribution in [-0.4, -0.2) is 28.0 Å². The molecule has 0 fully saturated rings. The van der Waals surface area contributed by atoms with E-state index in [1.807, 2.05) is 0 Å². The highest BCUT2D eigenvalue weighted by Crippen LogP contribution is 2.43. The zero-order valence-corrected chi connectivity index (χ0v) is 10.7. The SMILES string of the molecule is COC(=O)c1sc2c([N+](=O)[O-])cc([N+](=O)[O-])cc2c1O. The van der Waals surface area contributed by atoms with Crippen LogP contribution in [0.25, 0.3) is 10.1 Å². The topological polar surface area (TPSA) is 133 Å². The van der Waals surface area contributed by atoms with E-state index in [1.165, 1.54) is 0 Å². The number of nitro groups is 2. The van der Waals surface area contributed by atoms with Crippen molar-refractivity contribution in [3.05, 3.63) is 37.2 Å². The van der Waals surface area contributed by atoms with Gasteiger partial charge in [0.2, 0.25) is 0 Å². The van der Waals surface area contributed by atoms with E-state index in [0.717, 1.165) is 19.2 Å². The summed E-state index contributed by atoms with van der Waals surface area (Å²) < 4.78 is 4.40. The van der Waals surface area contributed by atoms with Crippen molar-refractivity contribution in [2.75, 3.05) is 7.11 Å². The summed E-state index contributed by atoms with van der Waals surface area (Å²) in [6.07, 6.45) is 0. The molecule has 104 valence electrons. The quantitative estimate of drug-likeness (QED) is 0.521. The van der Waals surface area contributed by atoms with Gasteiger partial charge in [0.25, 0.3) is 11.4 Å². The molecule has 1 aromatic heterocycles. The molecule has 0 amide bonds. The average Bonchev–Trinajstić information content (AvgIpc) is 2.74. The minimum atomic E-state index is -0.874. The van der Waals surface area contributed by atoms with Gasteiger partial charge in [0.05, 0.1) is 23.0 Å². The third-order valence-corrected chi connectivity index (χ3v) is 3.70. The van der Waals surface area contributed by atoms with Gasteiger partial charge in [-0.05, 0) is 0 Å². The molecule has 0 unspecified atom stereocenters. The van der Waals surface area contributed by atoms with Crippen molar-refractivity contribution in [2.45, 2.75) is 0 Å². The van der Waals surface area contributed by atoms with Crippen molar-refractivity contribution in [1.82, 2.24) is 0 Å². The summed E-state index contributed by atoms with van der Waals surface area (Å²) in [5.74, 6) is -1.44. The van der Waals surface area contributed by atoms with Crippen LogP contribution in [0.2, 0.25) is 0 Å². The molecule has 20 heavy (non-hydrogen) atoms. The largest absolute Gasteiger partial charge is 0.505 e. The molecule has 0 bridgehead atoms. The van der Waals surface area contributed by atoms with Crippen LogP contribution in [0.3, 0.4) is 0 Å². The second-order valence-electron chi connectivity index (χ2n) is 3.63. The first-order chi connectivity index (χ1) is 9.36. The Labute approximate surface area is 114 Å². The number of esters is 1. The maximum atomic E-state index is 11.4. The van der Waals surface area contributed by atoms with Gasteiger partial charge in [-0.15, -0.1) is 11.3 Å². The molecule has 9 nitrogen and oxygen atoms in total. The number of thiophene rings is 1. The molecule has 10 heteroatoms. The zero-order chi connectivity index (χ0) is 15.0. The van der Waals surface area contributed by atoms with E-state index in [4.69, 9.17) is 0 Å². The number of hydrogen-bond acceptors (Lipinski definition) is 8. The van der Waals surface area contributed by atoms with E-state index < -0.39 is 32.9 Å². The van der Waals surface area contributed by atoms with Crippen molar-refractivity contribution in [1.29, 1.82) is 0 Å². The first kappa shape index (κ1) is 13.7. The first-order valence-electron chi connectivity index (χ1n) is 5.03. The molecule has 2 rings (SSSR count). The van der Waals surface area contributed by atoms with Crippen LogP contribution in [-0.2, 0) is 4.74 Å². The van der Waals surface area contributed by atoms with Crippen LogP contribution >= 0.6 is 11.3 Å². The van der Waals surface area contributed by atoms with Crippen LogP contribution in [0.1, 0.15) is 9.67 Å². The number of rotatable bonds is 3. The summed E-state index contributed by atoms with van der Waals surface area (Å²) >= 11 is 0.643. The Bertz CT molecular complexity index is 752. The highest BCUT2D eigenvalue weighted by molar-refractivity contribution is 7.21. The number of methoxy groups -OCH3 is 1. The lowest BCUT2D eigenvalue weighted by Crippen LogP contribution is -1.97. The van der Waals surface area contributed by atoms with Crippen LogP contribution in [0.15, 0.2) is 12.1 Å². The Morgan fingerprint density at radius 2 is 1.95 bits per heavy atom. The predicted octanol–water partition coefficient (Wildman–Crippen LogP) is 2.21. The van der Waals surface area contributed by atoms with E-state index in [9.17, 15) is 30.1 Å². The number of nitro benzene ring substituents is 2. The minimum Gasteiger partial charge on any atom is -0.505 e. The first-order valence-corrected chi connectivity index (χ1v) is 5.85. The number of hydrogen-bond donors (Lipinski definition) is 1. The van der Waals surface area contributed by atoms with Gasteiger partial charge in [0.1, 0.15) is 10.4 Å². The minimum absolute atomic E-state index is 0.0292. The van der Waals surface area contributed by atoms with Crippen LogP contribution in [0, 0.1) is 20.2 Å². The smallest absolute Gasteiger partial charge is 0.351 e. The van der Waals surface area contributed by atoms with Gasteiger partial charge in [-0.25, -0.2) is 4.79 Å².